The van der Waals surface area contributed by atoms with Crippen molar-refractivity contribution in [2.24, 2.45) is 0 Å². The second kappa shape index (κ2) is 10.5. The molecule has 0 bridgehead atoms. The van der Waals surface area contributed by atoms with Gasteiger partial charge < -0.3 is 14.4 Å². The zero-order chi connectivity index (χ0) is 26.2. The van der Waals surface area contributed by atoms with Crippen LogP contribution in [0.2, 0.25) is 0 Å². The highest BCUT2D eigenvalue weighted by Crippen LogP contribution is 2.37. The minimum Gasteiger partial charge on any atom is -0.377 e. The first-order chi connectivity index (χ1) is 18.5. The van der Waals surface area contributed by atoms with Gasteiger partial charge in [-0.25, -0.2) is 19.0 Å². The molecule has 6 rings (SSSR count). The van der Waals surface area contributed by atoms with Crippen LogP contribution in [0, 0.1) is 5.82 Å². The van der Waals surface area contributed by atoms with Crippen molar-refractivity contribution in [3.05, 3.63) is 48.7 Å². The van der Waals surface area contributed by atoms with E-state index in [2.05, 4.69) is 21.9 Å². The van der Waals surface area contributed by atoms with Crippen LogP contribution in [0.3, 0.4) is 0 Å². The summed E-state index contributed by atoms with van der Waals surface area (Å²) in [4.78, 5) is 16.2. The van der Waals surface area contributed by atoms with Gasteiger partial charge >= 0.3 is 0 Å². The average molecular weight is 537 g/mol. The van der Waals surface area contributed by atoms with Gasteiger partial charge in [0.2, 0.25) is 0 Å². The number of hydrogen-bond donors (Lipinski definition) is 0. The first-order valence-electron chi connectivity index (χ1n) is 12.8. The molecule has 0 radical (unpaired) electrons. The predicted molar refractivity (Wildman–Crippen MR) is 143 cm³/mol. The topological polar surface area (TPSA) is 95.3 Å². The number of fused-ring (bicyclic) bond motifs is 1. The fraction of sp³-hybridized carbons (Fsp3) is 0.407. The lowest BCUT2D eigenvalue weighted by Crippen LogP contribution is -2.44. The van der Waals surface area contributed by atoms with Crippen molar-refractivity contribution in [3.63, 3.8) is 0 Å². The first-order valence-corrected chi connectivity index (χ1v) is 14.4. The summed E-state index contributed by atoms with van der Waals surface area (Å²) >= 11 is 0. The number of rotatable bonds is 5. The zero-order valence-electron chi connectivity index (χ0n) is 21.3. The summed E-state index contributed by atoms with van der Waals surface area (Å²) in [6.07, 6.45) is 9.32. The van der Waals surface area contributed by atoms with E-state index in [9.17, 15) is 8.60 Å². The molecule has 3 unspecified atom stereocenters. The maximum atomic E-state index is 14.9. The SMILES string of the molecule is CC1COCCN1c1cc(-c2cnc(S(C)=O)c(F)c2)c2ccnc(-c3ccnn3C3CCCCO3)c2n1. The summed E-state index contributed by atoms with van der Waals surface area (Å²) in [5.74, 6) is 0.150. The highest BCUT2D eigenvalue weighted by molar-refractivity contribution is 7.84. The van der Waals surface area contributed by atoms with Gasteiger partial charge in [0.15, 0.2) is 17.1 Å². The highest BCUT2D eigenvalue weighted by Gasteiger charge is 2.26. The molecule has 4 aromatic rings. The van der Waals surface area contributed by atoms with Gasteiger partial charge in [0.05, 0.1) is 35.7 Å². The lowest BCUT2D eigenvalue weighted by Gasteiger charge is -2.34. The van der Waals surface area contributed by atoms with E-state index in [4.69, 9.17) is 19.4 Å². The Morgan fingerprint density at radius 2 is 2.03 bits per heavy atom. The zero-order valence-corrected chi connectivity index (χ0v) is 22.2. The third kappa shape index (κ3) is 4.59. The van der Waals surface area contributed by atoms with Gasteiger partial charge in [-0.3, -0.25) is 9.19 Å². The molecule has 0 N–H and O–H groups in total. The van der Waals surface area contributed by atoms with Crippen molar-refractivity contribution < 1.29 is 18.1 Å². The van der Waals surface area contributed by atoms with E-state index in [1.807, 2.05) is 22.9 Å². The van der Waals surface area contributed by atoms with Gasteiger partial charge in [0.1, 0.15) is 17.0 Å². The van der Waals surface area contributed by atoms with E-state index in [0.717, 1.165) is 41.7 Å². The number of ether oxygens (including phenoxy) is 2. The largest absolute Gasteiger partial charge is 0.377 e. The quantitative estimate of drug-likeness (QED) is 0.371. The van der Waals surface area contributed by atoms with Gasteiger partial charge in [0.25, 0.3) is 0 Å². The van der Waals surface area contributed by atoms with Crippen molar-refractivity contribution in [1.82, 2.24) is 24.7 Å². The van der Waals surface area contributed by atoms with Crippen molar-refractivity contribution in [1.29, 1.82) is 0 Å². The van der Waals surface area contributed by atoms with E-state index in [1.54, 1.807) is 18.6 Å². The number of morpholine rings is 1. The van der Waals surface area contributed by atoms with Crippen LogP contribution in [0.1, 0.15) is 32.4 Å². The summed E-state index contributed by atoms with van der Waals surface area (Å²) in [5.41, 5.74) is 3.52. The minimum atomic E-state index is -1.53. The van der Waals surface area contributed by atoms with Gasteiger partial charge in [-0.1, -0.05) is 0 Å². The normalized spacial score (nSPS) is 21.1. The number of pyridine rings is 3. The molecular weight excluding hydrogens is 507 g/mol. The van der Waals surface area contributed by atoms with Gasteiger partial charge in [-0.15, -0.1) is 0 Å². The standard InChI is InChI=1S/C27H29FN6O3S/c1-17-16-36-12-10-33(17)23-14-20(18-13-21(28)27(30-15-18)38(2)35)19-6-8-29-26(25(19)32-23)22-7-9-31-34(22)24-5-3-4-11-37-24/h6-9,13-15,17,24H,3-5,10-12,16H2,1-2H3. The Balaban J connectivity index is 1.56. The molecule has 2 aliphatic rings. The van der Waals surface area contributed by atoms with Crippen LogP contribution in [-0.4, -0.2) is 67.6 Å². The monoisotopic (exact) mass is 536 g/mol. The molecule has 2 fully saturated rings. The number of nitrogens with zero attached hydrogens (tertiary/aromatic N) is 6. The molecule has 6 heterocycles. The van der Waals surface area contributed by atoms with Crippen LogP contribution < -0.4 is 4.90 Å². The van der Waals surface area contributed by atoms with Crippen molar-refractivity contribution in [2.75, 3.05) is 37.5 Å². The Labute approximate surface area is 222 Å². The maximum absolute atomic E-state index is 14.9. The van der Waals surface area contributed by atoms with E-state index >= 15 is 0 Å². The summed E-state index contributed by atoms with van der Waals surface area (Å²) in [6, 6.07) is 7.29. The molecule has 0 amide bonds. The van der Waals surface area contributed by atoms with E-state index in [1.165, 1.54) is 12.3 Å². The summed E-state index contributed by atoms with van der Waals surface area (Å²) in [6.45, 7) is 4.66. The Morgan fingerprint density at radius 1 is 1.13 bits per heavy atom. The third-order valence-corrected chi connectivity index (χ3v) is 7.95. The molecule has 11 heteroatoms. The summed E-state index contributed by atoms with van der Waals surface area (Å²) < 4.78 is 40.4. The van der Waals surface area contributed by atoms with Gasteiger partial charge in [-0.2, -0.15) is 5.10 Å². The number of halogens is 1. The molecule has 2 aliphatic heterocycles. The molecule has 2 saturated heterocycles. The number of anilines is 1. The molecule has 38 heavy (non-hydrogen) atoms. The third-order valence-electron chi connectivity index (χ3n) is 7.11. The lowest BCUT2D eigenvalue weighted by atomic mass is 10.0. The number of hydrogen-bond acceptors (Lipinski definition) is 8. The van der Waals surface area contributed by atoms with Crippen LogP contribution in [0.5, 0.6) is 0 Å². The second-order valence-electron chi connectivity index (χ2n) is 9.65. The fourth-order valence-corrected chi connectivity index (χ4v) is 5.75. The molecular formula is C27H29FN6O3S. The minimum absolute atomic E-state index is 0.0622. The molecule has 0 spiro atoms. The lowest BCUT2D eigenvalue weighted by molar-refractivity contribution is -0.0383. The number of aromatic nitrogens is 5. The van der Waals surface area contributed by atoms with Crippen molar-refractivity contribution in [3.8, 4) is 22.5 Å². The Morgan fingerprint density at radius 3 is 2.79 bits per heavy atom. The van der Waals surface area contributed by atoms with E-state index in [0.29, 0.717) is 43.1 Å². The Bertz CT molecular complexity index is 1510. The van der Waals surface area contributed by atoms with E-state index < -0.39 is 16.6 Å². The summed E-state index contributed by atoms with van der Waals surface area (Å²) in [5, 5.41) is 5.32. The van der Waals surface area contributed by atoms with Crippen LogP contribution in [0.25, 0.3) is 33.4 Å². The summed E-state index contributed by atoms with van der Waals surface area (Å²) in [7, 11) is -1.53. The Hall–Kier alpha value is -3.28. The van der Waals surface area contributed by atoms with Crippen LogP contribution in [-0.2, 0) is 20.3 Å². The Kier molecular flexibility index (Phi) is 6.89. The van der Waals surface area contributed by atoms with Crippen molar-refractivity contribution in [2.45, 2.75) is 43.5 Å². The molecule has 3 atom stereocenters. The van der Waals surface area contributed by atoms with Crippen LogP contribution in [0.15, 0.2) is 47.9 Å². The molecule has 9 nitrogen and oxygen atoms in total. The van der Waals surface area contributed by atoms with Gasteiger partial charge in [-0.05, 0) is 56.0 Å². The van der Waals surface area contributed by atoms with Gasteiger partial charge in [0, 0.05) is 48.9 Å². The van der Waals surface area contributed by atoms with Crippen LogP contribution in [0.4, 0.5) is 10.2 Å². The molecule has 4 aromatic heterocycles. The first kappa shape index (κ1) is 25.0. The van der Waals surface area contributed by atoms with E-state index in [-0.39, 0.29) is 17.3 Å². The maximum Gasteiger partial charge on any atom is 0.162 e. The van der Waals surface area contributed by atoms with Crippen molar-refractivity contribution >= 4 is 27.5 Å². The molecule has 0 saturated carbocycles. The molecule has 0 aliphatic carbocycles. The molecule has 0 aromatic carbocycles. The predicted octanol–water partition coefficient (Wildman–Crippen LogP) is 4.36. The molecule has 198 valence electrons. The second-order valence-corrected chi connectivity index (χ2v) is 10.9. The highest BCUT2D eigenvalue weighted by atomic mass is 32.2. The smallest absolute Gasteiger partial charge is 0.162 e. The van der Waals surface area contributed by atoms with Crippen LogP contribution >= 0.6 is 0 Å². The fourth-order valence-electron chi connectivity index (χ4n) is 5.21. The average Bonchev–Trinajstić information content (AvgIpc) is 3.42.